The summed E-state index contributed by atoms with van der Waals surface area (Å²) < 4.78 is 12.9. The average Bonchev–Trinajstić information content (AvgIpc) is 2.25. The lowest BCUT2D eigenvalue weighted by Crippen LogP contribution is -2.31. The summed E-state index contributed by atoms with van der Waals surface area (Å²) in [5, 5.41) is 3.41. The fourth-order valence-electron chi connectivity index (χ4n) is 1.48. The molecule has 0 aliphatic rings. The molecule has 0 aliphatic carbocycles. The zero-order chi connectivity index (χ0) is 11.3. The number of nitrogens with one attached hydrogen (secondary N) is 1. The van der Waals surface area contributed by atoms with Crippen LogP contribution in [0.4, 0.5) is 4.39 Å². The maximum atomic E-state index is 12.9. The third kappa shape index (κ3) is 4.95. The Balaban J connectivity index is 0.00000225. The van der Waals surface area contributed by atoms with E-state index in [1.165, 1.54) is 6.07 Å². The molecule has 1 aromatic carbocycles. The number of hydrogen-bond acceptors (Lipinski definition) is 1. The molecule has 1 aromatic rings. The van der Waals surface area contributed by atoms with E-state index < -0.39 is 0 Å². The second kappa shape index (κ2) is 7.64. The number of hydrogen-bond donors (Lipinski definition) is 1. The first kappa shape index (κ1) is 15.4. The summed E-state index contributed by atoms with van der Waals surface area (Å²) in [5.41, 5.74) is 1.00. The van der Waals surface area contributed by atoms with Crippen molar-refractivity contribution in [2.45, 2.75) is 39.8 Å². The quantitative estimate of drug-likeness (QED) is 0.833. The van der Waals surface area contributed by atoms with Crippen LogP contribution in [0, 0.1) is 11.7 Å². The molecule has 2 atom stereocenters. The number of halogens is 2. The van der Waals surface area contributed by atoms with Crippen LogP contribution in [-0.2, 0) is 6.54 Å². The van der Waals surface area contributed by atoms with Crippen LogP contribution in [0.15, 0.2) is 24.3 Å². The molecule has 0 fully saturated rings. The first-order chi connectivity index (χ1) is 7.13. The molecule has 1 rings (SSSR count). The summed E-state index contributed by atoms with van der Waals surface area (Å²) in [6, 6.07) is 7.22. The van der Waals surface area contributed by atoms with Gasteiger partial charge in [-0.1, -0.05) is 32.4 Å². The van der Waals surface area contributed by atoms with Gasteiger partial charge in [0.1, 0.15) is 5.82 Å². The molecule has 0 saturated carbocycles. The van der Waals surface area contributed by atoms with Gasteiger partial charge in [0.05, 0.1) is 0 Å². The Morgan fingerprint density at radius 3 is 2.56 bits per heavy atom. The summed E-state index contributed by atoms with van der Waals surface area (Å²) in [4.78, 5) is 0. The molecule has 1 nitrogen and oxygen atoms in total. The van der Waals surface area contributed by atoms with Gasteiger partial charge in [-0.15, -0.1) is 12.4 Å². The maximum absolute atomic E-state index is 12.9. The predicted molar refractivity (Wildman–Crippen MR) is 69.4 cm³/mol. The summed E-state index contributed by atoms with van der Waals surface area (Å²) in [7, 11) is 0. The fraction of sp³-hybridized carbons (Fsp3) is 0.538. The Labute approximate surface area is 104 Å². The maximum Gasteiger partial charge on any atom is 0.123 e. The van der Waals surface area contributed by atoms with Gasteiger partial charge in [-0.25, -0.2) is 4.39 Å². The highest BCUT2D eigenvalue weighted by Crippen LogP contribution is 2.08. The van der Waals surface area contributed by atoms with Gasteiger partial charge in [0, 0.05) is 12.6 Å². The van der Waals surface area contributed by atoms with E-state index in [4.69, 9.17) is 0 Å². The Morgan fingerprint density at radius 1 is 1.31 bits per heavy atom. The molecule has 0 amide bonds. The lowest BCUT2D eigenvalue weighted by molar-refractivity contribution is 0.389. The van der Waals surface area contributed by atoms with Gasteiger partial charge < -0.3 is 5.32 Å². The standard InChI is InChI=1S/C13H20FN.ClH/c1-4-10(2)11(3)15-9-12-6-5-7-13(14)8-12;/h5-8,10-11,15H,4,9H2,1-3H3;1H. The van der Waals surface area contributed by atoms with Crippen molar-refractivity contribution in [1.82, 2.24) is 5.32 Å². The third-order valence-electron chi connectivity index (χ3n) is 3.01. The molecule has 0 saturated heterocycles. The van der Waals surface area contributed by atoms with Crippen molar-refractivity contribution in [3.05, 3.63) is 35.6 Å². The molecule has 1 N–H and O–H groups in total. The van der Waals surface area contributed by atoms with Crippen LogP contribution >= 0.6 is 12.4 Å². The van der Waals surface area contributed by atoms with Crippen LogP contribution < -0.4 is 5.32 Å². The molecule has 3 heteroatoms. The topological polar surface area (TPSA) is 12.0 Å². The minimum absolute atomic E-state index is 0. The summed E-state index contributed by atoms with van der Waals surface area (Å²) in [6.07, 6.45) is 1.16. The largest absolute Gasteiger partial charge is 0.310 e. The normalized spacial score (nSPS) is 14.0. The van der Waals surface area contributed by atoms with Gasteiger partial charge in [-0.2, -0.15) is 0 Å². The van der Waals surface area contributed by atoms with Crippen molar-refractivity contribution >= 4 is 12.4 Å². The van der Waals surface area contributed by atoms with Gasteiger partial charge in [0.15, 0.2) is 0 Å². The zero-order valence-electron chi connectivity index (χ0n) is 10.2. The van der Waals surface area contributed by atoms with Crippen LogP contribution in [0.3, 0.4) is 0 Å². The van der Waals surface area contributed by atoms with Crippen molar-refractivity contribution in [3.63, 3.8) is 0 Å². The van der Waals surface area contributed by atoms with E-state index in [0.717, 1.165) is 18.5 Å². The smallest absolute Gasteiger partial charge is 0.123 e. The minimum atomic E-state index is -0.162. The van der Waals surface area contributed by atoms with E-state index in [1.807, 2.05) is 6.07 Å². The van der Waals surface area contributed by atoms with Crippen LogP contribution in [0.5, 0.6) is 0 Å². The van der Waals surface area contributed by atoms with Crippen molar-refractivity contribution in [3.8, 4) is 0 Å². The van der Waals surface area contributed by atoms with Gasteiger partial charge in [0.2, 0.25) is 0 Å². The van der Waals surface area contributed by atoms with Gasteiger partial charge >= 0.3 is 0 Å². The van der Waals surface area contributed by atoms with Crippen molar-refractivity contribution in [1.29, 1.82) is 0 Å². The number of rotatable bonds is 5. The number of benzene rings is 1. The van der Waals surface area contributed by atoms with Crippen LogP contribution in [0.2, 0.25) is 0 Å². The summed E-state index contributed by atoms with van der Waals surface area (Å²) in [6.45, 7) is 7.32. The molecule has 0 aromatic heterocycles. The Hall–Kier alpha value is -0.600. The minimum Gasteiger partial charge on any atom is -0.310 e. The SMILES string of the molecule is CCC(C)C(C)NCc1cccc(F)c1.Cl. The molecule has 0 spiro atoms. The molecule has 16 heavy (non-hydrogen) atoms. The summed E-state index contributed by atoms with van der Waals surface area (Å²) >= 11 is 0. The highest BCUT2D eigenvalue weighted by molar-refractivity contribution is 5.85. The zero-order valence-corrected chi connectivity index (χ0v) is 11.0. The fourth-order valence-corrected chi connectivity index (χ4v) is 1.48. The monoisotopic (exact) mass is 245 g/mol. The highest BCUT2D eigenvalue weighted by atomic mass is 35.5. The Bertz CT molecular complexity index is 304. The van der Waals surface area contributed by atoms with Gasteiger partial charge in [-0.3, -0.25) is 0 Å². The van der Waals surface area contributed by atoms with Crippen molar-refractivity contribution in [2.24, 2.45) is 5.92 Å². The first-order valence-electron chi connectivity index (χ1n) is 5.61. The van der Waals surface area contributed by atoms with Gasteiger partial charge in [0.25, 0.3) is 0 Å². The van der Waals surface area contributed by atoms with E-state index in [-0.39, 0.29) is 18.2 Å². The van der Waals surface area contributed by atoms with Crippen LogP contribution in [-0.4, -0.2) is 6.04 Å². The molecule has 92 valence electrons. The lowest BCUT2D eigenvalue weighted by atomic mass is 10.0. The van der Waals surface area contributed by atoms with Crippen molar-refractivity contribution < 1.29 is 4.39 Å². The predicted octanol–water partition coefficient (Wildman–Crippen LogP) is 3.77. The summed E-state index contributed by atoms with van der Waals surface area (Å²) in [5.74, 6) is 0.490. The van der Waals surface area contributed by atoms with Crippen molar-refractivity contribution in [2.75, 3.05) is 0 Å². The average molecular weight is 246 g/mol. The van der Waals surface area contributed by atoms with E-state index in [9.17, 15) is 4.39 Å². The van der Waals surface area contributed by atoms with E-state index in [1.54, 1.807) is 12.1 Å². The van der Waals surface area contributed by atoms with E-state index in [0.29, 0.717) is 12.0 Å². The third-order valence-corrected chi connectivity index (χ3v) is 3.01. The highest BCUT2D eigenvalue weighted by Gasteiger charge is 2.08. The van der Waals surface area contributed by atoms with Crippen LogP contribution in [0.25, 0.3) is 0 Å². The second-order valence-corrected chi connectivity index (χ2v) is 4.19. The molecule has 0 heterocycles. The Kier molecular flexibility index (Phi) is 7.35. The Morgan fingerprint density at radius 2 is 2.00 bits per heavy atom. The second-order valence-electron chi connectivity index (χ2n) is 4.19. The first-order valence-corrected chi connectivity index (χ1v) is 5.61. The van der Waals surface area contributed by atoms with Gasteiger partial charge in [-0.05, 0) is 30.5 Å². The molecular formula is C13H21ClFN. The van der Waals surface area contributed by atoms with E-state index in [2.05, 4.69) is 26.1 Å². The molecule has 0 bridgehead atoms. The van der Waals surface area contributed by atoms with Crippen LogP contribution in [0.1, 0.15) is 32.8 Å². The lowest BCUT2D eigenvalue weighted by Gasteiger charge is -2.19. The molecule has 0 radical (unpaired) electrons. The van der Waals surface area contributed by atoms with E-state index >= 15 is 0 Å². The molecular weight excluding hydrogens is 225 g/mol. The molecule has 0 aliphatic heterocycles. The molecule has 2 unspecified atom stereocenters.